The SMILES string of the molecule is CC(=O)c1ccc(NC(=O)[C@@H](N)Cc2ccccc2)cc1.Cl. The van der Waals surface area contributed by atoms with Crippen LogP contribution in [0.25, 0.3) is 0 Å². The highest BCUT2D eigenvalue weighted by atomic mass is 35.5. The number of benzene rings is 2. The zero-order chi connectivity index (χ0) is 15.2. The quantitative estimate of drug-likeness (QED) is 0.833. The van der Waals surface area contributed by atoms with Gasteiger partial charge in [0.1, 0.15) is 0 Å². The van der Waals surface area contributed by atoms with Gasteiger partial charge in [-0.2, -0.15) is 0 Å². The smallest absolute Gasteiger partial charge is 0.241 e. The van der Waals surface area contributed by atoms with Crippen LogP contribution in [0.4, 0.5) is 5.69 Å². The van der Waals surface area contributed by atoms with Crippen molar-refractivity contribution >= 4 is 29.8 Å². The van der Waals surface area contributed by atoms with Crippen molar-refractivity contribution in [2.75, 3.05) is 5.32 Å². The van der Waals surface area contributed by atoms with E-state index < -0.39 is 6.04 Å². The van der Waals surface area contributed by atoms with Crippen LogP contribution in [-0.2, 0) is 11.2 Å². The Morgan fingerprint density at radius 2 is 1.64 bits per heavy atom. The summed E-state index contributed by atoms with van der Waals surface area (Å²) in [7, 11) is 0. The number of nitrogens with one attached hydrogen (secondary N) is 1. The van der Waals surface area contributed by atoms with Crippen molar-refractivity contribution in [2.45, 2.75) is 19.4 Å². The number of Topliss-reactive ketones (excluding diaryl/α,β-unsaturated/α-hetero) is 1. The fraction of sp³-hybridized carbons (Fsp3) is 0.176. The Morgan fingerprint density at radius 1 is 1.05 bits per heavy atom. The highest BCUT2D eigenvalue weighted by molar-refractivity contribution is 5.97. The first-order chi connectivity index (χ1) is 10.1. The number of ketones is 1. The molecule has 0 radical (unpaired) electrons. The van der Waals surface area contributed by atoms with E-state index >= 15 is 0 Å². The molecule has 0 bridgehead atoms. The Kier molecular flexibility index (Phi) is 6.76. The van der Waals surface area contributed by atoms with E-state index in [0.717, 1.165) is 5.56 Å². The number of anilines is 1. The molecule has 0 saturated heterocycles. The van der Waals surface area contributed by atoms with E-state index in [4.69, 9.17) is 5.73 Å². The lowest BCUT2D eigenvalue weighted by molar-refractivity contribution is -0.117. The first kappa shape index (κ1) is 17.9. The lowest BCUT2D eigenvalue weighted by atomic mass is 10.1. The Morgan fingerprint density at radius 3 is 2.18 bits per heavy atom. The molecule has 2 rings (SSSR count). The van der Waals surface area contributed by atoms with E-state index in [1.807, 2.05) is 30.3 Å². The van der Waals surface area contributed by atoms with Gasteiger partial charge in [0.25, 0.3) is 0 Å². The number of carbonyl (C=O) groups is 2. The molecule has 116 valence electrons. The van der Waals surface area contributed by atoms with Crippen molar-refractivity contribution < 1.29 is 9.59 Å². The lowest BCUT2D eigenvalue weighted by Crippen LogP contribution is -2.37. The number of nitrogens with two attached hydrogens (primary N) is 1. The second kappa shape index (κ2) is 8.32. The number of hydrogen-bond donors (Lipinski definition) is 2. The van der Waals surface area contributed by atoms with E-state index in [9.17, 15) is 9.59 Å². The molecule has 2 aromatic rings. The first-order valence-corrected chi connectivity index (χ1v) is 6.77. The minimum atomic E-state index is -0.611. The van der Waals surface area contributed by atoms with E-state index in [1.54, 1.807) is 24.3 Å². The maximum atomic E-state index is 12.0. The Bertz CT molecular complexity index is 627. The van der Waals surface area contributed by atoms with Crippen LogP contribution in [0.2, 0.25) is 0 Å². The van der Waals surface area contributed by atoms with Gasteiger partial charge in [-0.05, 0) is 43.2 Å². The largest absolute Gasteiger partial charge is 0.325 e. The van der Waals surface area contributed by atoms with Crippen LogP contribution in [0.5, 0.6) is 0 Å². The molecule has 0 spiro atoms. The van der Waals surface area contributed by atoms with Gasteiger partial charge < -0.3 is 11.1 Å². The van der Waals surface area contributed by atoms with E-state index in [2.05, 4.69) is 5.32 Å². The average molecular weight is 319 g/mol. The second-order valence-corrected chi connectivity index (χ2v) is 4.92. The van der Waals surface area contributed by atoms with Crippen molar-refractivity contribution in [1.82, 2.24) is 0 Å². The van der Waals surface area contributed by atoms with Gasteiger partial charge in [0.2, 0.25) is 5.91 Å². The van der Waals surface area contributed by atoms with Crippen LogP contribution >= 0.6 is 12.4 Å². The van der Waals surface area contributed by atoms with E-state index in [0.29, 0.717) is 17.7 Å². The minimum Gasteiger partial charge on any atom is -0.325 e. The molecule has 0 heterocycles. The van der Waals surface area contributed by atoms with E-state index in [1.165, 1.54) is 6.92 Å². The Hall–Kier alpha value is -2.17. The average Bonchev–Trinajstić information content (AvgIpc) is 2.48. The van der Waals surface area contributed by atoms with Crippen molar-refractivity contribution in [3.05, 3.63) is 65.7 Å². The van der Waals surface area contributed by atoms with Gasteiger partial charge in [-0.25, -0.2) is 0 Å². The molecule has 0 aliphatic rings. The summed E-state index contributed by atoms with van der Waals surface area (Å²) in [4.78, 5) is 23.2. The van der Waals surface area contributed by atoms with Gasteiger partial charge in [0.05, 0.1) is 6.04 Å². The number of halogens is 1. The molecular weight excluding hydrogens is 300 g/mol. The highest BCUT2D eigenvalue weighted by Gasteiger charge is 2.14. The number of carbonyl (C=O) groups excluding carboxylic acids is 2. The minimum absolute atomic E-state index is 0. The molecule has 0 aromatic heterocycles. The van der Waals surface area contributed by atoms with Crippen LogP contribution < -0.4 is 11.1 Å². The summed E-state index contributed by atoms with van der Waals surface area (Å²) in [6.45, 7) is 1.50. The summed E-state index contributed by atoms with van der Waals surface area (Å²) >= 11 is 0. The maximum Gasteiger partial charge on any atom is 0.241 e. The summed E-state index contributed by atoms with van der Waals surface area (Å²) in [5.74, 6) is -0.247. The summed E-state index contributed by atoms with van der Waals surface area (Å²) in [6.07, 6.45) is 0.484. The first-order valence-electron chi connectivity index (χ1n) is 6.77. The Labute approximate surface area is 136 Å². The van der Waals surface area contributed by atoms with Gasteiger partial charge in [0, 0.05) is 11.3 Å². The van der Waals surface area contributed by atoms with Gasteiger partial charge in [-0.15, -0.1) is 12.4 Å². The van der Waals surface area contributed by atoms with Crippen LogP contribution in [0.15, 0.2) is 54.6 Å². The van der Waals surface area contributed by atoms with Crippen LogP contribution in [0, 0.1) is 0 Å². The molecule has 4 nitrogen and oxygen atoms in total. The molecule has 1 atom stereocenters. The number of hydrogen-bond acceptors (Lipinski definition) is 3. The number of amides is 1. The van der Waals surface area contributed by atoms with Crippen molar-refractivity contribution in [3.8, 4) is 0 Å². The molecule has 0 fully saturated rings. The topological polar surface area (TPSA) is 72.2 Å². The predicted molar refractivity (Wildman–Crippen MR) is 90.4 cm³/mol. The molecule has 0 aliphatic heterocycles. The molecule has 1 amide bonds. The van der Waals surface area contributed by atoms with Gasteiger partial charge >= 0.3 is 0 Å². The van der Waals surface area contributed by atoms with Gasteiger partial charge in [-0.1, -0.05) is 30.3 Å². The van der Waals surface area contributed by atoms with Crippen LogP contribution in [-0.4, -0.2) is 17.7 Å². The standard InChI is InChI=1S/C17H18N2O2.ClH/c1-12(20)14-7-9-15(10-8-14)19-17(21)16(18)11-13-5-3-2-4-6-13;/h2-10,16H,11,18H2,1H3,(H,19,21);1H/t16-;/m0./s1. The van der Waals surface area contributed by atoms with Gasteiger partial charge in [0.15, 0.2) is 5.78 Å². The zero-order valence-corrected chi connectivity index (χ0v) is 13.1. The molecular formula is C17H19ClN2O2. The molecule has 2 aromatic carbocycles. The van der Waals surface area contributed by atoms with Crippen LogP contribution in [0.1, 0.15) is 22.8 Å². The molecule has 22 heavy (non-hydrogen) atoms. The molecule has 0 unspecified atom stereocenters. The zero-order valence-electron chi connectivity index (χ0n) is 12.3. The third-order valence-corrected chi connectivity index (χ3v) is 3.19. The van der Waals surface area contributed by atoms with Crippen LogP contribution in [0.3, 0.4) is 0 Å². The lowest BCUT2D eigenvalue weighted by Gasteiger charge is -2.12. The third kappa shape index (κ3) is 4.98. The fourth-order valence-electron chi connectivity index (χ4n) is 1.98. The highest BCUT2D eigenvalue weighted by Crippen LogP contribution is 2.11. The predicted octanol–water partition coefficient (Wildman–Crippen LogP) is 2.82. The fourth-order valence-corrected chi connectivity index (χ4v) is 1.98. The van der Waals surface area contributed by atoms with Crippen molar-refractivity contribution in [3.63, 3.8) is 0 Å². The third-order valence-electron chi connectivity index (χ3n) is 3.19. The summed E-state index contributed by atoms with van der Waals surface area (Å²) in [6, 6.07) is 15.8. The van der Waals surface area contributed by atoms with Crippen molar-refractivity contribution in [1.29, 1.82) is 0 Å². The molecule has 0 saturated carbocycles. The van der Waals surface area contributed by atoms with Gasteiger partial charge in [-0.3, -0.25) is 9.59 Å². The molecule has 3 N–H and O–H groups in total. The van der Waals surface area contributed by atoms with Crippen molar-refractivity contribution in [2.24, 2.45) is 5.73 Å². The Balaban J connectivity index is 0.00000242. The summed E-state index contributed by atoms with van der Waals surface area (Å²) in [5, 5.41) is 2.75. The monoisotopic (exact) mass is 318 g/mol. The molecule has 5 heteroatoms. The maximum absolute atomic E-state index is 12.0. The second-order valence-electron chi connectivity index (χ2n) is 4.92. The normalized spacial score (nSPS) is 11.2. The molecule has 0 aliphatic carbocycles. The number of rotatable bonds is 5. The summed E-state index contributed by atoms with van der Waals surface area (Å²) < 4.78 is 0. The summed E-state index contributed by atoms with van der Waals surface area (Å²) in [5.41, 5.74) is 8.17. The van der Waals surface area contributed by atoms with E-state index in [-0.39, 0.29) is 24.1 Å².